The van der Waals surface area contributed by atoms with Crippen molar-refractivity contribution >= 4 is 17.5 Å². The molecule has 0 aliphatic rings. The van der Waals surface area contributed by atoms with Gasteiger partial charge in [-0.05, 0) is 38.0 Å². The summed E-state index contributed by atoms with van der Waals surface area (Å²) in [6.45, 7) is 6.69. The molecule has 4 heteroatoms. The fourth-order valence-corrected chi connectivity index (χ4v) is 1.96. The molecule has 0 bridgehead atoms. The van der Waals surface area contributed by atoms with Crippen molar-refractivity contribution in [3.63, 3.8) is 0 Å². The second kappa shape index (κ2) is 8.18. The molecule has 0 heterocycles. The van der Waals surface area contributed by atoms with E-state index >= 15 is 0 Å². The predicted octanol–water partition coefficient (Wildman–Crippen LogP) is 3.12. The van der Waals surface area contributed by atoms with Gasteiger partial charge in [-0.1, -0.05) is 37.1 Å². The van der Waals surface area contributed by atoms with Gasteiger partial charge in [0.2, 0.25) is 5.91 Å². The van der Waals surface area contributed by atoms with Crippen LogP contribution in [0.5, 0.6) is 0 Å². The summed E-state index contributed by atoms with van der Waals surface area (Å²) in [7, 11) is 0. The number of nitrogens with one attached hydrogen (secondary N) is 2. The Bertz CT molecular complexity index is 392. The maximum absolute atomic E-state index is 11.9. The second-order valence-electron chi connectivity index (χ2n) is 4.93. The molecule has 2 unspecified atom stereocenters. The van der Waals surface area contributed by atoms with Crippen molar-refractivity contribution < 1.29 is 4.79 Å². The highest BCUT2D eigenvalue weighted by Crippen LogP contribution is 2.09. The van der Waals surface area contributed by atoms with Crippen molar-refractivity contribution in [2.24, 2.45) is 0 Å². The molecule has 2 N–H and O–H groups in total. The molecule has 1 aromatic rings. The number of carbonyl (C=O) groups is 1. The van der Waals surface area contributed by atoms with E-state index in [9.17, 15) is 4.79 Å². The van der Waals surface area contributed by atoms with E-state index < -0.39 is 0 Å². The second-order valence-corrected chi connectivity index (χ2v) is 5.36. The summed E-state index contributed by atoms with van der Waals surface area (Å²) >= 11 is 5.83. The van der Waals surface area contributed by atoms with Gasteiger partial charge in [0.25, 0.3) is 0 Å². The average molecular weight is 283 g/mol. The van der Waals surface area contributed by atoms with Crippen LogP contribution in [0, 0.1) is 0 Å². The number of rotatable bonds is 7. The molecule has 0 fully saturated rings. The molecule has 2 atom stereocenters. The Labute approximate surface area is 120 Å². The minimum atomic E-state index is -0.199. The van der Waals surface area contributed by atoms with Crippen molar-refractivity contribution in [2.75, 3.05) is 0 Å². The van der Waals surface area contributed by atoms with Crippen LogP contribution in [0.15, 0.2) is 24.3 Å². The van der Waals surface area contributed by atoms with Crippen LogP contribution in [0.2, 0.25) is 5.02 Å². The molecule has 0 aliphatic heterocycles. The first-order chi connectivity index (χ1) is 9.02. The van der Waals surface area contributed by atoms with Crippen molar-refractivity contribution in [2.45, 2.75) is 52.2 Å². The standard InChI is InChI=1S/C15H23ClN2O/c1-4-5-11(2)18-15(19)12(3)17-10-13-6-8-14(16)9-7-13/h6-9,11-12,17H,4-5,10H2,1-3H3,(H,18,19). The van der Waals surface area contributed by atoms with E-state index in [2.05, 4.69) is 17.6 Å². The topological polar surface area (TPSA) is 41.1 Å². The van der Waals surface area contributed by atoms with Gasteiger partial charge in [-0.25, -0.2) is 0 Å². The third kappa shape index (κ3) is 6.08. The van der Waals surface area contributed by atoms with Gasteiger partial charge in [-0.2, -0.15) is 0 Å². The van der Waals surface area contributed by atoms with Crippen LogP contribution in [0.4, 0.5) is 0 Å². The quantitative estimate of drug-likeness (QED) is 0.807. The van der Waals surface area contributed by atoms with E-state index in [1.54, 1.807) is 0 Å². The highest BCUT2D eigenvalue weighted by molar-refractivity contribution is 6.30. The lowest BCUT2D eigenvalue weighted by atomic mass is 10.1. The molecular weight excluding hydrogens is 260 g/mol. The van der Waals surface area contributed by atoms with Crippen molar-refractivity contribution in [3.05, 3.63) is 34.9 Å². The zero-order valence-corrected chi connectivity index (χ0v) is 12.6. The number of carbonyl (C=O) groups excluding carboxylic acids is 1. The Kier molecular flexibility index (Phi) is 6.89. The van der Waals surface area contributed by atoms with Crippen LogP contribution >= 0.6 is 11.6 Å². The maximum Gasteiger partial charge on any atom is 0.237 e. The number of amides is 1. The van der Waals surface area contributed by atoms with Crippen LogP contribution in [0.25, 0.3) is 0 Å². The monoisotopic (exact) mass is 282 g/mol. The van der Waals surface area contributed by atoms with E-state index in [1.165, 1.54) is 0 Å². The Morgan fingerprint density at radius 1 is 1.26 bits per heavy atom. The third-order valence-corrected chi connectivity index (χ3v) is 3.28. The number of benzene rings is 1. The molecule has 106 valence electrons. The normalized spacial score (nSPS) is 13.9. The highest BCUT2D eigenvalue weighted by Gasteiger charge is 2.14. The van der Waals surface area contributed by atoms with Gasteiger partial charge in [-0.15, -0.1) is 0 Å². The summed E-state index contributed by atoms with van der Waals surface area (Å²) in [6.07, 6.45) is 2.09. The Morgan fingerprint density at radius 3 is 2.47 bits per heavy atom. The first kappa shape index (κ1) is 16.0. The first-order valence-corrected chi connectivity index (χ1v) is 7.19. The van der Waals surface area contributed by atoms with Crippen LogP contribution in [-0.4, -0.2) is 18.0 Å². The maximum atomic E-state index is 11.9. The minimum Gasteiger partial charge on any atom is -0.352 e. The van der Waals surface area contributed by atoms with Gasteiger partial charge in [0.1, 0.15) is 0 Å². The molecule has 0 saturated heterocycles. The molecule has 0 aromatic heterocycles. The van der Waals surface area contributed by atoms with Gasteiger partial charge in [0, 0.05) is 17.6 Å². The average Bonchev–Trinajstić information content (AvgIpc) is 2.37. The van der Waals surface area contributed by atoms with Crippen LogP contribution in [-0.2, 0) is 11.3 Å². The Morgan fingerprint density at radius 2 is 1.89 bits per heavy atom. The lowest BCUT2D eigenvalue weighted by molar-refractivity contribution is -0.123. The summed E-state index contributed by atoms with van der Waals surface area (Å²) in [4.78, 5) is 11.9. The molecule has 1 amide bonds. The van der Waals surface area contributed by atoms with Gasteiger partial charge in [0.15, 0.2) is 0 Å². The SMILES string of the molecule is CCCC(C)NC(=O)C(C)NCc1ccc(Cl)cc1. The number of hydrogen-bond acceptors (Lipinski definition) is 2. The van der Waals surface area contributed by atoms with Gasteiger partial charge in [-0.3, -0.25) is 4.79 Å². The van der Waals surface area contributed by atoms with Crippen molar-refractivity contribution in [1.29, 1.82) is 0 Å². The van der Waals surface area contributed by atoms with E-state index in [1.807, 2.05) is 38.1 Å². The molecule has 19 heavy (non-hydrogen) atoms. The van der Waals surface area contributed by atoms with Gasteiger partial charge < -0.3 is 10.6 Å². The first-order valence-electron chi connectivity index (χ1n) is 6.81. The minimum absolute atomic E-state index is 0.0508. The van der Waals surface area contributed by atoms with Gasteiger partial charge >= 0.3 is 0 Å². The summed E-state index contributed by atoms with van der Waals surface area (Å²) in [5.74, 6) is 0.0508. The van der Waals surface area contributed by atoms with E-state index in [-0.39, 0.29) is 18.0 Å². The fraction of sp³-hybridized carbons (Fsp3) is 0.533. The fourth-order valence-electron chi connectivity index (χ4n) is 1.84. The zero-order chi connectivity index (χ0) is 14.3. The predicted molar refractivity (Wildman–Crippen MR) is 80.3 cm³/mol. The largest absolute Gasteiger partial charge is 0.352 e. The van der Waals surface area contributed by atoms with E-state index in [0.29, 0.717) is 6.54 Å². The molecule has 0 saturated carbocycles. The lowest BCUT2D eigenvalue weighted by Gasteiger charge is -2.18. The molecular formula is C15H23ClN2O. The molecule has 0 spiro atoms. The summed E-state index contributed by atoms with van der Waals surface area (Å²) in [5.41, 5.74) is 1.12. The highest BCUT2D eigenvalue weighted by atomic mass is 35.5. The summed E-state index contributed by atoms with van der Waals surface area (Å²) in [5, 5.41) is 6.94. The molecule has 0 radical (unpaired) electrons. The van der Waals surface area contributed by atoms with E-state index in [0.717, 1.165) is 23.4 Å². The van der Waals surface area contributed by atoms with Crippen LogP contribution in [0.3, 0.4) is 0 Å². The van der Waals surface area contributed by atoms with E-state index in [4.69, 9.17) is 11.6 Å². The summed E-state index contributed by atoms with van der Waals surface area (Å²) in [6, 6.07) is 7.66. The summed E-state index contributed by atoms with van der Waals surface area (Å²) < 4.78 is 0. The molecule has 3 nitrogen and oxygen atoms in total. The van der Waals surface area contributed by atoms with Crippen molar-refractivity contribution in [3.8, 4) is 0 Å². The lowest BCUT2D eigenvalue weighted by Crippen LogP contribution is -2.45. The zero-order valence-electron chi connectivity index (χ0n) is 11.9. The van der Waals surface area contributed by atoms with Gasteiger partial charge in [0.05, 0.1) is 6.04 Å². The molecule has 1 rings (SSSR count). The Balaban J connectivity index is 2.35. The Hall–Kier alpha value is -1.06. The molecule has 1 aromatic carbocycles. The third-order valence-electron chi connectivity index (χ3n) is 3.03. The molecule has 0 aliphatic carbocycles. The van der Waals surface area contributed by atoms with Crippen LogP contribution < -0.4 is 10.6 Å². The van der Waals surface area contributed by atoms with Crippen molar-refractivity contribution in [1.82, 2.24) is 10.6 Å². The number of halogens is 1. The smallest absolute Gasteiger partial charge is 0.237 e. The van der Waals surface area contributed by atoms with Crippen LogP contribution in [0.1, 0.15) is 39.2 Å². The number of hydrogen-bond donors (Lipinski definition) is 2.